The molecule has 2 rings (SSSR count). The molecule has 0 bridgehead atoms. The van der Waals surface area contributed by atoms with E-state index in [1.54, 1.807) is 0 Å². The third kappa shape index (κ3) is 4.42. The first-order chi connectivity index (χ1) is 8.74. The molecule has 0 spiro atoms. The van der Waals surface area contributed by atoms with Crippen molar-refractivity contribution < 1.29 is 0 Å². The highest BCUT2D eigenvalue weighted by atomic mass is 15.1. The van der Waals surface area contributed by atoms with Gasteiger partial charge in [-0.1, -0.05) is 13.8 Å². The number of piperidine rings is 1. The largest absolute Gasteiger partial charge is 0.336 e. The molecule has 1 N–H and O–H groups in total. The molecule has 0 aliphatic carbocycles. The molecule has 1 aromatic rings. The molecule has 1 aliphatic heterocycles. The van der Waals surface area contributed by atoms with Crippen molar-refractivity contribution in [3.05, 3.63) is 18.7 Å². The van der Waals surface area contributed by atoms with Gasteiger partial charge in [0.05, 0.1) is 6.33 Å². The zero-order chi connectivity index (χ0) is 12.8. The highest BCUT2D eigenvalue weighted by Gasteiger charge is 2.18. The summed E-state index contributed by atoms with van der Waals surface area (Å²) in [6, 6.07) is 0.705. The molecule has 4 heteroatoms. The Morgan fingerprint density at radius 3 is 2.72 bits per heavy atom. The van der Waals surface area contributed by atoms with Gasteiger partial charge in [-0.25, -0.2) is 4.98 Å². The van der Waals surface area contributed by atoms with E-state index in [4.69, 9.17) is 0 Å². The molecule has 1 fully saturated rings. The average Bonchev–Trinajstić information content (AvgIpc) is 2.84. The monoisotopic (exact) mass is 250 g/mol. The van der Waals surface area contributed by atoms with Gasteiger partial charge in [-0.05, 0) is 31.8 Å². The minimum absolute atomic E-state index is 0.705. The minimum atomic E-state index is 0.705. The first-order valence-electron chi connectivity index (χ1n) is 7.15. The molecule has 0 atom stereocenters. The summed E-state index contributed by atoms with van der Waals surface area (Å²) in [5, 5.41) is 3.66. The van der Waals surface area contributed by atoms with Crippen LogP contribution in [0.15, 0.2) is 18.7 Å². The van der Waals surface area contributed by atoms with Crippen LogP contribution in [0.2, 0.25) is 0 Å². The number of likely N-dealkylation sites (tertiary alicyclic amines) is 1. The van der Waals surface area contributed by atoms with E-state index < -0.39 is 0 Å². The van der Waals surface area contributed by atoms with Gasteiger partial charge >= 0.3 is 0 Å². The van der Waals surface area contributed by atoms with Crippen molar-refractivity contribution >= 4 is 0 Å². The van der Waals surface area contributed by atoms with Crippen LogP contribution in [-0.4, -0.2) is 46.7 Å². The third-order valence-electron chi connectivity index (χ3n) is 3.57. The quantitative estimate of drug-likeness (QED) is 0.832. The zero-order valence-electron chi connectivity index (χ0n) is 11.7. The van der Waals surface area contributed by atoms with Crippen LogP contribution < -0.4 is 5.32 Å². The Hall–Kier alpha value is -0.870. The number of nitrogens with zero attached hydrogens (tertiary/aromatic N) is 3. The van der Waals surface area contributed by atoms with Gasteiger partial charge in [0.2, 0.25) is 0 Å². The normalized spacial score (nSPS) is 18.6. The molecule has 1 aromatic heterocycles. The van der Waals surface area contributed by atoms with Crippen LogP contribution in [0.5, 0.6) is 0 Å². The second kappa shape index (κ2) is 6.90. The lowest BCUT2D eigenvalue weighted by Gasteiger charge is -2.33. The summed E-state index contributed by atoms with van der Waals surface area (Å²) >= 11 is 0. The van der Waals surface area contributed by atoms with E-state index in [9.17, 15) is 0 Å². The Labute approximate surface area is 110 Å². The van der Waals surface area contributed by atoms with Gasteiger partial charge in [0.1, 0.15) is 0 Å². The van der Waals surface area contributed by atoms with Crippen molar-refractivity contribution in [3.63, 3.8) is 0 Å². The molecule has 2 heterocycles. The van der Waals surface area contributed by atoms with Crippen molar-refractivity contribution in [2.24, 2.45) is 5.92 Å². The predicted octanol–water partition coefficient (Wildman–Crippen LogP) is 1.59. The molecule has 4 nitrogen and oxygen atoms in total. The van der Waals surface area contributed by atoms with E-state index in [-0.39, 0.29) is 0 Å². The molecular formula is C14H26N4. The van der Waals surface area contributed by atoms with Crippen LogP contribution in [0, 0.1) is 5.92 Å². The smallest absolute Gasteiger partial charge is 0.0946 e. The number of aromatic nitrogens is 2. The maximum atomic E-state index is 4.05. The average molecular weight is 250 g/mol. The zero-order valence-corrected chi connectivity index (χ0v) is 11.7. The van der Waals surface area contributed by atoms with E-state index in [2.05, 4.69) is 33.6 Å². The van der Waals surface area contributed by atoms with Crippen molar-refractivity contribution in [1.29, 1.82) is 0 Å². The molecule has 0 radical (unpaired) electrons. The van der Waals surface area contributed by atoms with E-state index in [0.717, 1.165) is 19.0 Å². The Balaban J connectivity index is 1.59. The number of hydrogen-bond acceptors (Lipinski definition) is 3. The first kappa shape index (κ1) is 13.6. The summed E-state index contributed by atoms with van der Waals surface area (Å²) in [6.45, 7) is 10.4. The molecule has 102 valence electrons. The van der Waals surface area contributed by atoms with Crippen molar-refractivity contribution in [1.82, 2.24) is 19.8 Å². The van der Waals surface area contributed by atoms with Gasteiger partial charge in [-0.3, -0.25) is 0 Å². The highest BCUT2D eigenvalue weighted by Crippen LogP contribution is 2.11. The van der Waals surface area contributed by atoms with Crippen LogP contribution in [0.3, 0.4) is 0 Å². The number of nitrogens with one attached hydrogen (secondary N) is 1. The Kier molecular flexibility index (Phi) is 5.20. The van der Waals surface area contributed by atoms with E-state index in [1.165, 1.54) is 32.5 Å². The summed E-state index contributed by atoms with van der Waals surface area (Å²) < 4.78 is 2.13. The third-order valence-corrected chi connectivity index (χ3v) is 3.57. The fourth-order valence-corrected chi connectivity index (χ4v) is 2.65. The Morgan fingerprint density at radius 2 is 2.11 bits per heavy atom. The van der Waals surface area contributed by atoms with Crippen LogP contribution in [0.25, 0.3) is 0 Å². The summed E-state index contributed by atoms with van der Waals surface area (Å²) in [5.74, 6) is 0.788. The number of imidazole rings is 1. The predicted molar refractivity (Wildman–Crippen MR) is 74.5 cm³/mol. The first-order valence-corrected chi connectivity index (χ1v) is 7.15. The molecule has 18 heavy (non-hydrogen) atoms. The number of rotatable bonds is 6. The fourth-order valence-electron chi connectivity index (χ4n) is 2.65. The highest BCUT2D eigenvalue weighted by molar-refractivity contribution is 4.79. The lowest BCUT2D eigenvalue weighted by molar-refractivity contribution is 0.179. The molecule has 0 aromatic carbocycles. The van der Waals surface area contributed by atoms with E-state index >= 15 is 0 Å². The molecule has 0 amide bonds. The van der Waals surface area contributed by atoms with Gasteiger partial charge in [-0.2, -0.15) is 0 Å². The van der Waals surface area contributed by atoms with E-state index in [1.807, 2.05) is 18.7 Å². The van der Waals surface area contributed by atoms with Crippen molar-refractivity contribution in [3.8, 4) is 0 Å². The summed E-state index contributed by atoms with van der Waals surface area (Å²) in [6.07, 6.45) is 8.32. The maximum absolute atomic E-state index is 4.05. The topological polar surface area (TPSA) is 33.1 Å². The van der Waals surface area contributed by atoms with Crippen LogP contribution >= 0.6 is 0 Å². The van der Waals surface area contributed by atoms with Crippen LogP contribution in [-0.2, 0) is 6.54 Å². The fraction of sp³-hybridized carbons (Fsp3) is 0.786. The van der Waals surface area contributed by atoms with Gasteiger partial charge in [0.15, 0.2) is 0 Å². The standard InChI is InChI=1S/C14H26N4/c1-13(2)11-17-7-3-14(4-8-17)16-6-10-18-9-5-15-12-18/h5,9,12-14,16H,3-4,6-8,10-11H2,1-2H3. The second-order valence-corrected chi connectivity index (χ2v) is 5.72. The van der Waals surface area contributed by atoms with Gasteiger partial charge in [0.25, 0.3) is 0 Å². The van der Waals surface area contributed by atoms with E-state index in [0.29, 0.717) is 6.04 Å². The molecule has 0 saturated carbocycles. The Morgan fingerprint density at radius 1 is 1.33 bits per heavy atom. The molecule has 0 unspecified atom stereocenters. The second-order valence-electron chi connectivity index (χ2n) is 5.72. The van der Waals surface area contributed by atoms with Gasteiger partial charge in [0, 0.05) is 38.1 Å². The van der Waals surface area contributed by atoms with Crippen molar-refractivity contribution in [2.75, 3.05) is 26.2 Å². The minimum Gasteiger partial charge on any atom is -0.336 e. The summed E-state index contributed by atoms with van der Waals surface area (Å²) in [4.78, 5) is 6.65. The lowest BCUT2D eigenvalue weighted by Crippen LogP contribution is -2.44. The lowest BCUT2D eigenvalue weighted by atomic mass is 10.0. The van der Waals surface area contributed by atoms with Crippen LogP contribution in [0.1, 0.15) is 26.7 Å². The summed E-state index contributed by atoms with van der Waals surface area (Å²) in [5.41, 5.74) is 0. The van der Waals surface area contributed by atoms with Crippen LogP contribution in [0.4, 0.5) is 0 Å². The number of hydrogen-bond donors (Lipinski definition) is 1. The van der Waals surface area contributed by atoms with Crippen molar-refractivity contribution in [2.45, 2.75) is 39.3 Å². The summed E-state index contributed by atoms with van der Waals surface area (Å²) in [7, 11) is 0. The molecule has 1 saturated heterocycles. The van der Waals surface area contributed by atoms with Gasteiger partial charge in [-0.15, -0.1) is 0 Å². The van der Waals surface area contributed by atoms with Gasteiger partial charge < -0.3 is 14.8 Å². The molecule has 1 aliphatic rings. The maximum Gasteiger partial charge on any atom is 0.0946 e. The molecular weight excluding hydrogens is 224 g/mol. The Bertz CT molecular complexity index is 313. The SMILES string of the molecule is CC(C)CN1CCC(NCCn2ccnc2)CC1.